The summed E-state index contributed by atoms with van der Waals surface area (Å²) in [5.41, 5.74) is 1.05. The van der Waals surface area contributed by atoms with Gasteiger partial charge < -0.3 is 14.8 Å². The second kappa shape index (κ2) is 6.74. The molecule has 21 heavy (non-hydrogen) atoms. The van der Waals surface area contributed by atoms with Gasteiger partial charge in [0, 0.05) is 18.4 Å². The highest BCUT2D eigenvalue weighted by molar-refractivity contribution is 5.92. The largest absolute Gasteiger partial charge is 0.481 e. The third-order valence-corrected chi connectivity index (χ3v) is 3.47. The summed E-state index contributed by atoms with van der Waals surface area (Å²) in [5.74, 6) is -4.00. The molecule has 5 heteroatoms. The minimum atomic E-state index is -1.40. The summed E-state index contributed by atoms with van der Waals surface area (Å²) in [6.07, 6.45) is 4.30. The van der Waals surface area contributed by atoms with Gasteiger partial charge in [-0.15, -0.1) is 0 Å². The number of benzene rings is 1. The molecule has 0 amide bonds. The molecule has 0 aliphatic heterocycles. The molecule has 0 bridgehead atoms. The highest BCUT2D eigenvalue weighted by atomic mass is 16.4. The lowest BCUT2D eigenvalue weighted by molar-refractivity contribution is -0.155. The predicted octanol–water partition coefficient (Wildman–Crippen LogP) is 2.45. The quantitative estimate of drug-likeness (QED) is 0.767. The fraction of sp³-hybridized carbons (Fsp3) is 0.250. The summed E-state index contributed by atoms with van der Waals surface area (Å²) in [7, 11) is 0. The zero-order chi connectivity index (χ0) is 15.2. The van der Waals surface area contributed by atoms with Gasteiger partial charge in [-0.2, -0.15) is 0 Å². The highest BCUT2D eigenvalue weighted by Crippen LogP contribution is 2.23. The van der Waals surface area contributed by atoms with Crippen LogP contribution in [0.2, 0.25) is 0 Å². The topological polar surface area (TPSA) is 79.5 Å². The van der Waals surface area contributed by atoms with Crippen molar-refractivity contribution in [2.45, 2.75) is 18.9 Å². The standard InChI is InChI=1S/C16H17NO4/c18-15(19)14(16(20)21)11-13(17-8-4-5-9-17)10-12-6-2-1-3-7-12/h1-9,13-14H,10-11H2,(H,18,19)(H,20,21). The van der Waals surface area contributed by atoms with Crippen LogP contribution in [0.3, 0.4) is 0 Å². The van der Waals surface area contributed by atoms with Crippen molar-refractivity contribution in [1.29, 1.82) is 0 Å². The van der Waals surface area contributed by atoms with Crippen molar-refractivity contribution >= 4 is 11.9 Å². The molecule has 0 saturated carbocycles. The first-order chi connectivity index (χ1) is 10.1. The number of carboxylic acid groups (broad SMARTS) is 2. The van der Waals surface area contributed by atoms with Gasteiger partial charge in [0.05, 0.1) is 0 Å². The monoisotopic (exact) mass is 287 g/mol. The van der Waals surface area contributed by atoms with Crippen LogP contribution in [-0.4, -0.2) is 26.7 Å². The van der Waals surface area contributed by atoms with Gasteiger partial charge in [0.1, 0.15) is 0 Å². The number of rotatable bonds is 7. The molecule has 1 aromatic carbocycles. The van der Waals surface area contributed by atoms with Gasteiger partial charge in [-0.1, -0.05) is 30.3 Å². The Bertz CT molecular complexity index is 578. The lowest BCUT2D eigenvalue weighted by atomic mass is 9.95. The molecule has 0 radical (unpaired) electrons. The molecule has 5 nitrogen and oxygen atoms in total. The third-order valence-electron chi connectivity index (χ3n) is 3.47. The maximum atomic E-state index is 11.1. The van der Waals surface area contributed by atoms with Crippen LogP contribution in [0.4, 0.5) is 0 Å². The first-order valence-electron chi connectivity index (χ1n) is 6.70. The Morgan fingerprint density at radius 1 is 0.952 bits per heavy atom. The molecule has 2 N–H and O–H groups in total. The average molecular weight is 287 g/mol. The van der Waals surface area contributed by atoms with Gasteiger partial charge in [0.25, 0.3) is 0 Å². The van der Waals surface area contributed by atoms with E-state index in [1.165, 1.54) is 0 Å². The van der Waals surface area contributed by atoms with Crippen LogP contribution < -0.4 is 0 Å². The van der Waals surface area contributed by atoms with Crippen molar-refractivity contribution in [1.82, 2.24) is 4.57 Å². The van der Waals surface area contributed by atoms with Crippen LogP contribution in [0.25, 0.3) is 0 Å². The molecule has 2 rings (SSSR count). The second-order valence-corrected chi connectivity index (χ2v) is 4.94. The molecule has 110 valence electrons. The van der Waals surface area contributed by atoms with E-state index in [1.54, 1.807) is 0 Å². The van der Waals surface area contributed by atoms with E-state index < -0.39 is 17.9 Å². The van der Waals surface area contributed by atoms with Gasteiger partial charge >= 0.3 is 11.9 Å². The average Bonchev–Trinajstić information content (AvgIpc) is 2.97. The van der Waals surface area contributed by atoms with Crippen molar-refractivity contribution < 1.29 is 19.8 Å². The zero-order valence-electron chi connectivity index (χ0n) is 11.4. The SMILES string of the molecule is O=C(O)C(CC(Cc1ccccc1)n1cccc1)C(=O)O. The molecule has 1 heterocycles. The van der Waals surface area contributed by atoms with Crippen LogP contribution in [0.1, 0.15) is 18.0 Å². The molecule has 1 aromatic heterocycles. The summed E-state index contributed by atoms with van der Waals surface area (Å²) in [6.45, 7) is 0. The van der Waals surface area contributed by atoms with E-state index in [2.05, 4.69) is 0 Å². The van der Waals surface area contributed by atoms with Crippen molar-refractivity contribution in [3.63, 3.8) is 0 Å². The highest BCUT2D eigenvalue weighted by Gasteiger charge is 2.29. The molecule has 0 aliphatic rings. The molecular weight excluding hydrogens is 270 g/mol. The van der Waals surface area contributed by atoms with Crippen LogP contribution in [-0.2, 0) is 16.0 Å². The van der Waals surface area contributed by atoms with E-state index >= 15 is 0 Å². The molecule has 1 unspecified atom stereocenters. The van der Waals surface area contributed by atoms with E-state index in [4.69, 9.17) is 10.2 Å². The number of aromatic nitrogens is 1. The Morgan fingerprint density at radius 2 is 1.52 bits per heavy atom. The fourth-order valence-corrected chi connectivity index (χ4v) is 2.37. The lowest BCUT2D eigenvalue weighted by Gasteiger charge is -2.21. The maximum Gasteiger partial charge on any atom is 0.317 e. The van der Waals surface area contributed by atoms with Crippen LogP contribution in [0, 0.1) is 5.92 Å². The zero-order valence-corrected chi connectivity index (χ0v) is 11.4. The van der Waals surface area contributed by atoms with Crippen molar-refractivity contribution in [2.75, 3.05) is 0 Å². The molecule has 1 atom stereocenters. The van der Waals surface area contributed by atoms with E-state index in [0.29, 0.717) is 6.42 Å². The van der Waals surface area contributed by atoms with Crippen LogP contribution in [0.15, 0.2) is 54.9 Å². The number of aliphatic carboxylic acids is 2. The molecule has 0 saturated heterocycles. The summed E-state index contributed by atoms with van der Waals surface area (Å²) >= 11 is 0. The summed E-state index contributed by atoms with van der Waals surface area (Å²) < 4.78 is 1.87. The Balaban J connectivity index is 2.21. The second-order valence-electron chi connectivity index (χ2n) is 4.94. The maximum absolute atomic E-state index is 11.1. The molecule has 0 fully saturated rings. The van der Waals surface area contributed by atoms with E-state index in [1.807, 2.05) is 59.4 Å². The van der Waals surface area contributed by atoms with Gasteiger partial charge in [-0.05, 0) is 30.5 Å². The Morgan fingerprint density at radius 3 is 2.05 bits per heavy atom. The molecular formula is C16H17NO4. The number of carboxylic acids is 2. The van der Waals surface area contributed by atoms with Crippen molar-refractivity contribution in [2.24, 2.45) is 5.92 Å². The third kappa shape index (κ3) is 3.95. The van der Waals surface area contributed by atoms with Crippen LogP contribution >= 0.6 is 0 Å². The van der Waals surface area contributed by atoms with Crippen molar-refractivity contribution in [3.8, 4) is 0 Å². The number of nitrogens with zero attached hydrogens (tertiary/aromatic N) is 1. The smallest absolute Gasteiger partial charge is 0.317 e. The molecule has 2 aromatic rings. The first kappa shape index (κ1) is 14.8. The Hall–Kier alpha value is -2.56. The number of hydrogen-bond donors (Lipinski definition) is 2. The Labute approximate surface area is 122 Å². The molecule has 0 aliphatic carbocycles. The minimum Gasteiger partial charge on any atom is -0.481 e. The van der Waals surface area contributed by atoms with Gasteiger partial charge in [0.2, 0.25) is 0 Å². The normalized spacial score (nSPS) is 12.2. The van der Waals surface area contributed by atoms with E-state index in [0.717, 1.165) is 5.56 Å². The van der Waals surface area contributed by atoms with Gasteiger partial charge in [0.15, 0.2) is 5.92 Å². The van der Waals surface area contributed by atoms with E-state index in [9.17, 15) is 9.59 Å². The first-order valence-corrected chi connectivity index (χ1v) is 6.70. The minimum absolute atomic E-state index is 0.0498. The predicted molar refractivity (Wildman–Crippen MR) is 77.0 cm³/mol. The van der Waals surface area contributed by atoms with Gasteiger partial charge in [-0.25, -0.2) is 0 Å². The van der Waals surface area contributed by atoms with Crippen LogP contribution in [0.5, 0.6) is 0 Å². The summed E-state index contributed by atoms with van der Waals surface area (Å²) in [4.78, 5) is 22.2. The lowest BCUT2D eigenvalue weighted by Crippen LogP contribution is -2.27. The van der Waals surface area contributed by atoms with Crippen molar-refractivity contribution in [3.05, 3.63) is 60.4 Å². The summed E-state index contributed by atoms with van der Waals surface area (Å²) in [6, 6.07) is 13.1. The van der Waals surface area contributed by atoms with Gasteiger partial charge in [-0.3, -0.25) is 9.59 Å². The van der Waals surface area contributed by atoms with E-state index in [-0.39, 0.29) is 12.5 Å². The Kier molecular flexibility index (Phi) is 4.77. The number of carbonyl (C=O) groups is 2. The fourth-order valence-electron chi connectivity index (χ4n) is 2.37. The summed E-state index contributed by atoms with van der Waals surface area (Å²) in [5, 5.41) is 18.1. The molecule has 0 spiro atoms. The number of hydrogen-bond acceptors (Lipinski definition) is 2.